The highest BCUT2D eigenvalue weighted by Crippen LogP contribution is 2.16. The summed E-state index contributed by atoms with van der Waals surface area (Å²) >= 11 is 5.85. The van der Waals surface area contributed by atoms with E-state index >= 15 is 0 Å². The van der Waals surface area contributed by atoms with Crippen LogP contribution in [0.25, 0.3) is 0 Å². The van der Waals surface area contributed by atoms with Crippen molar-refractivity contribution in [3.05, 3.63) is 63.3 Å². The van der Waals surface area contributed by atoms with Crippen molar-refractivity contribution in [3.63, 3.8) is 0 Å². The van der Waals surface area contributed by atoms with Gasteiger partial charge in [-0.3, -0.25) is 4.79 Å². The zero-order chi connectivity index (χ0) is 15.2. The van der Waals surface area contributed by atoms with Crippen molar-refractivity contribution >= 4 is 17.3 Å². The molecule has 112 valence electrons. The second-order valence-corrected chi connectivity index (χ2v) is 4.97. The molecule has 1 aromatic heterocycles. The Morgan fingerprint density at radius 1 is 1.33 bits per heavy atom. The minimum absolute atomic E-state index is 0.105. The maximum atomic E-state index is 13.6. The number of hydrogen-bond donors (Lipinski definition) is 1. The maximum Gasteiger partial charge on any atom is 0.250 e. The zero-order valence-corrected chi connectivity index (χ0v) is 12.4. The molecule has 0 saturated carbocycles. The Balaban J connectivity index is 2.09. The smallest absolute Gasteiger partial charge is 0.250 e. The van der Waals surface area contributed by atoms with E-state index in [0.717, 1.165) is 5.69 Å². The molecule has 6 heteroatoms. The van der Waals surface area contributed by atoms with Crippen LogP contribution in [0.15, 0.2) is 41.3 Å². The van der Waals surface area contributed by atoms with Crippen LogP contribution in [0.3, 0.4) is 0 Å². The van der Waals surface area contributed by atoms with Gasteiger partial charge in [0, 0.05) is 43.0 Å². The lowest BCUT2D eigenvalue weighted by molar-refractivity contribution is 0.186. The van der Waals surface area contributed by atoms with Gasteiger partial charge in [-0.2, -0.15) is 0 Å². The molecule has 0 spiro atoms. The normalized spacial score (nSPS) is 10.6. The second-order valence-electron chi connectivity index (χ2n) is 4.53. The van der Waals surface area contributed by atoms with E-state index in [-0.39, 0.29) is 17.9 Å². The molecule has 0 aliphatic carbocycles. The van der Waals surface area contributed by atoms with Gasteiger partial charge in [-0.1, -0.05) is 11.6 Å². The van der Waals surface area contributed by atoms with Crippen molar-refractivity contribution in [2.75, 3.05) is 19.0 Å². The van der Waals surface area contributed by atoms with E-state index in [1.165, 1.54) is 18.2 Å². The van der Waals surface area contributed by atoms with Crippen LogP contribution in [-0.4, -0.2) is 18.3 Å². The fourth-order valence-electron chi connectivity index (χ4n) is 1.88. The summed E-state index contributed by atoms with van der Waals surface area (Å²) in [5.41, 5.74) is 1.09. The lowest BCUT2D eigenvalue weighted by atomic mass is 10.2. The summed E-state index contributed by atoms with van der Waals surface area (Å²) in [7, 11) is 1.58. The molecule has 0 amide bonds. The molecule has 2 aromatic rings. The fraction of sp³-hybridized carbons (Fsp3) is 0.267. The van der Waals surface area contributed by atoms with Gasteiger partial charge in [0.25, 0.3) is 5.56 Å². The Labute approximate surface area is 127 Å². The summed E-state index contributed by atoms with van der Waals surface area (Å²) in [6.45, 7) is 1.21. The van der Waals surface area contributed by atoms with Crippen LogP contribution in [0.1, 0.15) is 5.56 Å². The summed E-state index contributed by atoms with van der Waals surface area (Å²) in [5.74, 6) is -0.320. The first kappa shape index (κ1) is 15.5. The van der Waals surface area contributed by atoms with Gasteiger partial charge in [0.2, 0.25) is 0 Å². The van der Waals surface area contributed by atoms with Crippen molar-refractivity contribution < 1.29 is 9.13 Å². The van der Waals surface area contributed by atoms with Gasteiger partial charge < -0.3 is 14.6 Å². The Kier molecular flexibility index (Phi) is 5.36. The molecule has 0 saturated heterocycles. The molecule has 1 aromatic carbocycles. The van der Waals surface area contributed by atoms with Crippen LogP contribution < -0.4 is 10.9 Å². The summed E-state index contributed by atoms with van der Waals surface area (Å²) in [6, 6.07) is 7.54. The largest absolute Gasteiger partial charge is 0.383 e. The number of rotatable bonds is 6. The average molecular weight is 311 g/mol. The third-order valence-electron chi connectivity index (χ3n) is 3.01. The van der Waals surface area contributed by atoms with E-state index < -0.39 is 0 Å². The van der Waals surface area contributed by atoms with Crippen molar-refractivity contribution in [1.82, 2.24) is 4.57 Å². The molecule has 4 nitrogen and oxygen atoms in total. The number of nitrogens with zero attached hydrogens (tertiary/aromatic N) is 1. The molecule has 0 bridgehead atoms. The van der Waals surface area contributed by atoms with E-state index in [0.29, 0.717) is 23.7 Å². The third-order valence-corrected chi connectivity index (χ3v) is 3.25. The molecule has 0 atom stereocenters. The lowest BCUT2D eigenvalue weighted by Crippen LogP contribution is -2.21. The van der Waals surface area contributed by atoms with E-state index in [1.807, 2.05) is 0 Å². The van der Waals surface area contributed by atoms with E-state index in [9.17, 15) is 9.18 Å². The molecule has 1 N–H and O–H groups in total. The highest BCUT2D eigenvalue weighted by Gasteiger charge is 2.04. The fourth-order valence-corrected chi connectivity index (χ4v) is 2.07. The first-order valence-electron chi connectivity index (χ1n) is 6.47. The quantitative estimate of drug-likeness (QED) is 0.892. The molecular weight excluding hydrogens is 295 g/mol. The number of methoxy groups -OCH3 is 1. The topological polar surface area (TPSA) is 43.3 Å². The lowest BCUT2D eigenvalue weighted by Gasteiger charge is -2.10. The number of anilines is 1. The van der Waals surface area contributed by atoms with Crippen molar-refractivity contribution in [1.29, 1.82) is 0 Å². The Hall–Kier alpha value is -1.85. The van der Waals surface area contributed by atoms with Crippen molar-refractivity contribution in [2.24, 2.45) is 0 Å². The van der Waals surface area contributed by atoms with E-state index in [1.54, 1.807) is 30.0 Å². The average Bonchev–Trinajstić information content (AvgIpc) is 2.48. The van der Waals surface area contributed by atoms with Crippen molar-refractivity contribution in [2.45, 2.75) is 13.1 Å². The van der Waals surface area contributed by atoms with Gasteiger partial charge in [-0.25, -0.2) is 4.39 Å². The number of benzene rings is 1. The molecule has 21 heavy (non-hydrogen) atoms. The number of halogens is 2. The van der Waals surface area contributed by atoms with Crippen LogP contribution >= 0.6 is 11.6 Å². The van der Waals surface area contributed by atoms with Gasteiger partial charge in [0.05, 0.1) is 12.3 Å². The molecular formula is C15H16ClFN2O2. The Morgan fingerprint density at radius 2 is 2.14 bits per heavy atom. The number of ether oxygens (including phenoxy) is 1. The zero-order valence-electron chi connectivity index (χ0n) is 11.6. The molecule has 0 fully saturated rings. The minimum Gasteiger partial charge on any atom is -0.383 e. The molecule has 0 unspecified atom stereocenters. The summed E-state index contributed by atoms with van der Waals surface area (Å²) in [6.07, 6.45) is 1.68. The minimum atomic E-state index is -0.320. The number of hydrogen-bond acceptors (Lipinski definition) is 3. The van der Waals surface area contributed by atoms with Crippen LogP contribution in [0.5, 0.6) is 0 Å². The summed E-state index contributed by atoms with van der Waals surface area (Å²) in [4.78, 5) is 11.7. The molecule has 0 radical (unpaired) electrons. The monoisotopic (exact) mass is 310 g/mol. The SMILES string of the molecule is COCCn1cc(NCc2cc(Cl)ccc2F)ccc1=O. The standard InChI is InChI=1S/C15H16ClFN2O2/c1-21-7-6-19-10-13(3-5-15(19)20)18-9-11-8-12(16)2-4-14(11)17/h2-5,8,10,18H,6-7,9H2,1H3. The predicted octanol–water partition coefficient (Wildman–Crippen LogP) is 2.90. The number of nitrogens with one attached hydrogen (secondary N) is 1. The Morgan fingerprint density at radius 3 is 2.90 bits per heavy atom. The number of pyridine rings is 1. The third kappa shape index (κ3) is 4.31. The maximum absolute atomic E-state index is 13.6. The summed E-state index contributed by atoms with van der Waals surface area (Å²) < 4.78 is 20.1. The van der Waals surface area contributed by atoms with Gasteiger partial charge >= 0.3 is 0 Å². The van der Waals surface area contributed by atoms with Crippen LogP contribution in [-0.2, 0) is 17.8 Å². The first-order valence-corrected chi connectivity index (χ1v) is 6.85. The van der Waals surface area contributed by atoms with Crippen LogP contribution in [0.4, 0.5) is 10.1 Å². The van der Waals surface area contributed by atoms with Gasteiger partial charge in [-0.05, 0) is 24.3 Å². The number of aromatic nitrogens is 1. The highest BCUT2D eigenvalue weighted by atomic mass is 35.5. The van der Waals surface area contributed by atoms with Crippen LogP contribution in [0, 0.1) is 5.82 Å². The second kappa shape index (κ2) is 7.24. The molecule has 0 aliphatic rings. The van der Waals surface area contributed by atoms with E-state index in [4.69, 9.17) is 16.3 Å². The van der Waals surface area contributed by atoms with E-state index in [2.05, 4.69) is 5.32 Å². The molecule has 1 heterocycles. The van der Waals surface area contributed by atoms with Gasteiger partial charge in [-0.15, -0.1) is 0 Å². The predicted molar refractivity (Wildman–Crippen MR) is 81.3 cm³/mol. The van der Waals surface area contributed by atoms with Gasteiger partial charge in [0.1, 0.15) is 5.82 Å². The van der Waals surface area contributed by atoms with Crippen LogP contribution in [0.2, 0.25) is 5.02 Å². The van der Waals surface area contributed by atoms with Crippen molar-refractivity contribution in [3.8, 4) is 0 Å². The summed E-state index contributed by atoms with van der Waals surface area (Å²) in [5, 5.41) is 3.56. The Bertz CT molecular complexity index is 673. The van der Waals surface area contributed by atoms with Gasteiger partial charge in [0.15, 0.2) is 0 Å². The highest BCUT2D eigenvalue weighted by molar-refractivity contribution is 6.30. The molecule has 2 rings (SSSR count). The molecule has 0 aliphatic heterocycles. The first-order chi connectivity index (χ1) is 10.1.